The second kappa shape index (κ2) is 10.9. The third-order valence-electron chi connectivity index (χ3n) is 8.30. The molecule has 1 aliphatic carbocycles. The zero-order valence-electron chi connectivity index (χ0n) is 25.0. The number of hydrogen-bond donors (Lipinski definition) is 1. The molecule has 6 rings (SSSR count). The van der Waals surface area contributed by atoms with Crippen molar-refractivity contribution in [3.63, 3.8) is 0 Å². The van der Waals surface area contributed by atoms with E-state index >= 15 is 0 Å². The largest absolute Gasteiger partial charge is 0.482 e. The second-order valence-electron chi connectivity index (χ2n) is 11.8. The van der Waals surface area contributed by atoms with Crippen molar-refractivity contribution in [2.24, 2.45) is 11.7 Å². The van der Waals surface area contributed by atoms with Crippen molar-refractivity contribution in [2.45, 2.75) is 58.2 Å². The fraction of sp³-hybridized carbons (Fsp3) is 0.484. The summed E-state index contributed by atoms with van der Waals surface area (Å²) in [5.41, 5.74) is 10.8. The molecule has 11 nitrogen and oxygen atoms in total. The van der Waals surface area contributed by atoms with Gasteiger partial charge in [0.1, 0.15) is 17.0 Å². The predicted molar refractivity (Wildman–Crippen MR) is 160 cm³/mol. The molecule has 4 aromatic heterocycles. The number of ether oxygens (including phenoxy) is 2. The van der Waals surface area contributed by atoms with Crippen molar-refractivity contribution in [1.29, 1.82) is 0 Å². The second-order valence-corrected chi connectivity index (χ2v) is 11.8. The zero-order chi connectivity index (χ0) is 29.7. The Morgan fingerprint density at radius 2 is 1.93 bits per heavy atom. The van der Waals surface area contributed by atoms with Crippen LogP contribution in [0.5, 0.6) is 11.8 Å². The number of aryl methyl sites for hydroxylation is 1. The van der Waals surface area contributed by atoms with E-state index < -0.39 is 6.10 Å². The number of amides is 2. The molecule has 2 aliphatic rings. The molecule has 2 amide bonds. The fourth-order valence-corrected chi connectivity index (χ4v) is 5.88. The number of likely N-dealkylation sites (tertiary alicyclic amines) is 1. The Morgan fingerprint density at radius 3 is 2.62 bits per heavy atom. The minimum Gasteiger partial charge on any atom is -0.482 e. The molecule has 2 fully saturated rings. The number of nitrogens with two attached hydrogens (primary N) is 1. The number of piperidine rings is 1. The van der Waals surface area contributed by atoms with E-state index in [1.54, 1.807) is 40.3 Å². The normalized spacial score (nSPS) is 18.0. The van der Waals surface area contributed by atoms with E-state index in [0.717, 1.165) is 47.5 Å². The summed E-state index contributed by atoms with van der Waals surface area (Å²) in [5.74, 6) is 1.34. The number of fused-ring (bicyclic) bond motifs is 2. The SMILES string of the molecule is COc1cc(C(=O)N2CCC[C@@H](N)C2)cc2nc(-c3cc4ccc(O[C@H](C)C(=O)N(C)C)nc4n3CC3CC3)c(C)n12. The van der Waals surface area contributed by atoms with Crippen LogP contribution < -0.4 is 15.2 Å². The van der Waals surface area contributed by atoms with Gasteiger partial charge in [-0.3, -0.25) is 14.0 Å². The molecule has 5 heterocycles. The lowest BCUT2D eigenvalue weighted by atomic mass is 10.1. The summed E-state index contributed by atoms with van der Waals surface area (Å²) in [6.45, 7) is 5.80. The molecule has 11 heteroatoms. The summed E-state index contributed by atoms with van der Waals surface area (Å²) >= 11 is 0. The molecule has 2 N–H and O–H groups in total. The van der Waals surface area contributed by atoms with Crippen molar-refractivity contribution in [2.75, 3.05) is 34.3 Å². The average molecular weight is 574 g/mol. The highest BCUT2D eigenvalue weighted by Gasteiger charge is 2.28. The van der Waals surface area contributed by atoms with Gasteiger partial charge in [0.15, 0.2) is 12.0 Å². The molecule has 0 radical (unpaired) electrons. The lowest BCUT2D eigenvalue weighted by Gasteiger charge is -2.30. The summed E-state index contributed by atoms with van der Waals surface area (Å²) in [6, 6.07) is 9.50. The standard InChI is InChI=1S/C31H39N7O4/c1-18-28(33-25-14-22(15-27(41-5)38(18)25)31(40)36-12-6-7-23(32)17-36)24-13-21-10-11-26(42-19(2)30(39)35(3)4)34-29(21)37(24)16-20-8-9-20/h10-11,13-15,19-20,23H,6-9,12,16-17,32H2,1-5H3/t19-,23-/m1/s1. The first-order valence-electron chi connectivity index (χ1n) is 14.6. The highest BCUT2D eigenvalue weighted by atomic mass is 16.5. The lowest BCUT2D eigenvalue weighted by Crippen LogP contribution is -2.45. The Labute approximate surface area is 245 Å². The molecule has 2 atom stereocenters. The van der Waals surface area contributed by atoms with Gasteiger partial charge in [-0.1, -0.05) is 0 Å². The third-order valence-corrected chi connectivity index (χ3v) is 8.30. The molecule has 0 bridgehead atoms. The number of carbonyl (C=O) groups is 2. The van der Waals surface area contributed by atoms with Crippen LogP contribution in [0.3, 0.4) is 0 Å². The maximum absolute atomic E-state index is 13.4. The number of hydrogen-bond acceptors (Lipinski definition) is 7. The maximum Gasteiger partial charge on any atom is 0.262 e. The molecule has 1 aliphatic heterocycles. The summed E-state index contributed by atoms with van der Waals surface area (Å²) in [7, 11) is 5.02. The lowest BCUT2D eigenvalue weighted by molar-refractivity contribution is -0.135. The minimum absolute atomic E-state index is 0.00167. The number of rotatable bonds is 8. The van der Waals surface area contributed by atoms with Gasteiger partial charge >= 0.3 is 0 Å². The van der Waals surface area contributed by atoms with Gasteiger partial charge in [0.25, 0.3) is 11.8 Å². The van der Waals surface area contributed by atoms with Crippen LogP contribution in [0, 0.1) is 12.8 Å². The molecular formula is C31H39N7O4. The Bertz CT molecular complexity index is 1670. The van der Waals surface area contributed by atoms with E-state index in [9.17, 15) is 9.59 Å². The molecule has 0 spiro atoms. The molecule has 1 saturated carbocycles. The third kappa shape index (κ3) is 5.17. The van der Waals surface area contributed by atoms with Gasteiger partial charge in [0.2, 0.25) is 5.88 Å². The number of likely N-dealkylation sites (N-methyl/N-ethyl adjacent to an activating group) is 1. The van der Waals surface area contributed by atoms with Crippen LogP contribution in [0.15, 0.2) is 30.3 Å². The Morgan fingerprint density at radius 1 is 1.14 bits per heavy atom. The van der Waals surface area contributed by atoms with Gasteiger partial charge in [-0.15, -0.1) is 0 Å². The van der Waals surface area contributed by atoms with Crippen LogP contribution >= 0.6 is 0 Å². The van der Waals surface area contributed by atoms with E-state index in [1.807, 2.05) is 28.4 Å². The maximum atomic E-state index is 13.4. The van der Waals surface area contributed by atoms with E-state index in [-0.39, 0.29) is 17.9 Å². The number of nitrogens with zero attached hydrogens (tertiary/aromatic N) is 6. The number of carbonyl (C=O) groups excluding carboxylic acids is 2. The van der Waals surface area contributed by atoms with Gasteiger partial charge in [-0.05, 0) is 63.6 Å². The van der Waals surface area contributed by atoms with Crippen LogP contribution in [0.2, 0.25) is 0 Å². The molecule has 0 aromatic carbocycles. The van der Waals surface area contributed by atoms with Gasteiger partial charge in [0.05, 0.1) is 18.5 Å². The molecular weight excluding hydrogens is 534 g/mol. The van der Waals surface area contributed by atoms with Gasteiger partial charge < -0.3 is 29.6 Å². The monoisotopic (exact) mass is 573 g/mol. The summed E-state index contributed by atoms with van der Waals surface area (Å²) in [4.78, 5) is 39.0. The van der Waals surface area contributed by atoms with Crippen LogP contribution in [0.1, 0.15) is 48.7 Å². The first-order valence-corrected chi connectivity index (χ1v) is 14.6. The van der Waals surface area contributed by atoms with Crippen molar-refractivity contribution >= 4 is 28.5 Å². The molecule has 222 valence electrons. The van der Waals surface area contributed by atoms with E-state index in [2.05, 4.69) is 10.6 Å². The minimum atomic E-state index is -0.651. The Hall–Kier alpha value is -4.12. The Balaban J connectivity index is 1.42. The van der Waals surface area contributed by atoms with Gasteiger partial charge in [0, 0.05) is 62.9 Å². The van der Waals surface area contributed by atoms with Crippen LogP contribution in [-0.2, 0) is 11.3 Å². The van der Waals surface area contributed by atoms with Crippen molar-refractivity contribution in [1.82, 2.24) is 28.7 Å². The number of pyridine rings is 2. The highest BCUT2D eigenvalue weighted by molar-refractivity contribution is 5.96. The van der Waals surface area contributed by atoms with Crippen LogP contribution in [0.25, 0.3) is 28.1 Å². The van der Waals surface area contributed by atoms with Crippen LogP contribution in [0.4, 0.5) is 0 Å². The van der Waals surface area contributed by atoms with E-state index in [1.165, 1.54) is 17.7 Å². The molecule has 0 unspecified atom stereocenters. The molecule has 1 saturated heterocycles. The van der Waals surface area contributed by atoms with E-state index in [4.69, 9.17) is 25.2 Å². The Kier molecular flexibility index (Phi) is 7.30. The topological polar surface area (TPSA) is 120 Å². The van der Waals surface area contributed by atoms with E-state index in [0.29, 0.717) is 42.0 Å². The first-order chi connectivity index (χ1) is 20.1. The first kappa shape index (κ1) is 28.0. The fourth-order valence-electron chi connectivity index (χ4n) is 5.88. The summed E-state index contributed by atoms with van der Waals surface area (Å²) in [6.07, 6.45) is 3.53. The zero-order valence-corrected chi connectivity index (χ0v) is 25.0. The van der Waals surface area contributed by atoms with Gasteiger partial charge in [-0.2, -0.15) is 4.98 Å². The number of methoxy groups -OCH3 is 1. The summed E-state index contributed by atoms with van der Waals surface area (Å²) < 4.78 is 15.9. The predicted octanol–water partition coefficient (Wildman–Crippen LogP) is 3.50. The van der Waals surface area contributed by atoms with Crippen LogP contribution in [-0.4, -0.2) is 87.0 Å². The van der Waals surface area contributed by atoms with Gasteiger partial charge in [-0.25, -0.2) is 4.98 Å². The average Bonchev–Trinajstić information content (AvgIpc) is 3.65. The van der Waals surface area contributed by atoms with Crippen molar-refractivity contribution < 1.29 is 19.1 Å². The van der Waals surface area contributed by atoms with Crippen molar-refractivity contribution in [3.8, 4) is 23.1 Å². The smallest absolute Gasteiger partial charge is 0.262 e. The highest BCUT2D eigenvalue weighted by Crippen LogP contribution is 2.37. The quantitative estimate of drug-likeness (QED) is 0.343. The summed E-state index contributed by atoms with van der Waals surface area (Å²) in [5, 5.41) is 0.963. The van der Waals surface area contributed by atoms with Crippen molar-refractivity contribution in [3.05, 3.63) is 41.6 Å². The molecule has 42 heavy (non-hydrogen) atoms. The number of imidazole rings is 1. The number of aromatic nitrogens is 4. The molecule has 4 aromatic rings.